The molecule has 0 aliphatic carbocycles. The molecule has 0 aliphatic rings. The molecule has 0 unspecified atom stereocenters. The van der Waals surface area contributed by atoms with Crippen LogP contribution in [0.15, 0.2) is 42.7 Å². The van der Waals surface area contributed by atoms with Crippen LogP contribution in [0.1, 0.15) is 12.5 Å². The molecule has 1 aromatic carbocycles. The summed E-state index contributed by atoms with van der Waals surface area (Å²) in [6, 6.07) is 9.52. The Hall–Kier alpha value is -2.07. The van der Waals surface area contributed by atoms with Crippen molar-refractivity contribution in [1.82, 2.24) is 10.3 Å². The zero-order valence-corrected chi connectivity index (χ0v) is 11.2. The molecule has 4 heteroatoms. The van der Waals surface area contributed by atoms with Gasteiger partial charge in [-0.25, -0.2) is 0 Å². The Morgan fingerprint density at radius 2 is 1.84 bits per heavy atom. The number of ether oxygens (including phenoxy) is 2. The van der Waals surface area contributed by atoms with Crippen molar-refractivity contribution >= 4 is 0 Å². The highest BCUT2D eigenvalue weighted by atomic mass is 16.5. The summed E-state index contributed by atoms with van der Waals surface area (Å²) < 4.78 is 11.2. The molecular weight excluding hydrogens is 240 g/mol. The molecule has 19 heavy (non-hydrogen) atoms. The second-order valence-electron chi connectivity index (χ2n) is 4.02. The summed E-state index contributed by atoms with van der Waals surface area (Å²) in [4.78, 5) is 4.09. The Labute approximate surface area is 113 Å². The van der Waals surface area contributed by atoms with Gasteiger partial charge in [0.15, 0.2) is 0 Å². The minimum absolute atomic E-state index is 0.662. The Balaban J connectivity index is 2.12. The first-order valence-electron chi connectivity index (χ1n) is 6.31. The number of aromatic nitrogens is 1. The molecule has 0 fully saturated rings. The fourth-order valence-electron chi connectivity index (χ4n) is 1.73. The van der Waals surface area contributed by atoms with Crippen LogP contribution in [0.5, 0.6) is 17.2 Å². The minimum atomic E-state index is 0.662. The fraction of sp³-hybridized carbons (Fsp3) is 0.267. The molecule has 1 aromatic heterocycles. The van der Waals surface area contributed by atoms with Crippen LogP contribution in [-0.4, -0.2) is 18.6 Å². The van der Waals surface area contributed by atoms with E-state index in [9.17, 15) is 0 Å². The molecule has 0 saturated heterocycles. The number of nitrogens with one attached hydrogen (secondary N) is 1. The molecule has 0 radical (unpaired) electrons. The third-order valence-electron chi connectivity index (χ3n) is 2.60. The third kappa shape index (κ3) is 3.69. The lowest BCUT2D eigenvalue weighted by Gasteiger charge is -2.10. The molecular formula is C15H18N2O2. The third-order valence-corrected chi connectivity index (χ3v) is 2.60. The first kappa shape index (κ1) is 13.4. The minimum Gasteiger partial charge on any atom is -0.494 e. The number of nitrogens with zero attached hydrogens (tertiary/aromatic N) is 1. The maximum atomic E-state index is 5.84. The van der Waals surface area contributed by atoms with Crippen LogP contribution >= 0.6 is 0 Å². The quantitative estimate of drug-likeness (QED) is 0.865. The summed E-state index contributed by atoms with van der Waals surface area (Å²) in [6.45, 7) is 3.37. The van der Waals surface area contributed by atoms with Crippen LogP contribution in [0.25, 0.3) is 0 Å². The summed E-state index contributed by atoms with van der Waals surface area (Å²) >= 11 is 0. The predicted molar refractivity (Wildman–Crippen MR) is 74.7 cm³/mol. The molecule has 100 valence electrons. The van der Waals surface area contributed by atoms with Crippen molar-refractivity contribution in [1.29, 1.82) is 0 Å². The Bertz CT molecular complexity index is 512. The molecule has 2 aromatic rings. The first-order valence-corrected chi connectivity index (χ1v) is 6.31. The van der Waals surface area contributed by atoms with Crippen molar-refractivity contribution in [2.75, 3.05) is 13.7 Å². The summed E-state index contributed by atoms with van der Waals surface area (Å²) in [5.74, 6) is 2.38. The molecule has 0 bridgehead atoms. The summed E-state index contributed by atoms with van der Waals surface area (Å²) in [5.41, 5.74) is 1.08. The second kappa shape index (κ2) is 6.75. The van der Waals surface area contributed by atoms with E-state index >= 15 is 0 Å². The highest BCUT2D eigenvalue weighted by Crippen LogP contribution is 2.26. The molecule has 0 spiro atoms. The molecule has 2 rings (SSSR count). The van der Waals surface area contributed by atoms with Gasteiger partial charge >= 0.3 is 0 Å². The van der Waals surface area contributed by atoms with Gasteiger partial charge in [0.1, 0.15) is 17.2 Å². The Morgan fingerprint density at radius 1 is 1.11 bits per heavy atom. The number of hydrogen-bond acceptors (Lipinski definition) is 4. The van der Waals surface area contributed by atoms with Crippen LogP contribution in [0.3, 0.4) is 0 Å². The largest absolute Gasteiger partial charge is 0.494 e. The van der Waals surface area contributed by atoms with Crippen molar-refractivity contribution in [3.8, 4) is 17.2 Å². The highest BCUT2D eigenvalue weighted by molar-refractivity contribution is 5.37. The second-order valence-corrected chi connectivity index (χ2v) is 4.02. The van der Waals surface area contributed by atoms with Crippen molar-refractivity contribution in [3.63, 3.8) is 0 Å². The van der Waals surface area contributed by atoms with Crippen LogP contribution in [0.4, 0.5) is 0 Å². The molecule has 0 amide bonds. The smallest absolute Gasteiger partial charge is 0.150 e. The van der Waals surface area contributed by atoms with Gasteiger partial charge in [-0.2, -0.15) is 0 Å². The van der Waals surface area contributed by atoms with E-state index < -0.39 is 0 Å². The maximum Gasteiger partial charge on any atom is 0.150 e. The van der Waals surface area contributed by atoms with E-state index in [-0.39, 0.29) is 0 Å². The van der Waals surface area contributed by atoms with Crippen LogP contribution in [0.2, 0.25) is 0 Å². The first-order chi connectivity index (χ1) is 9.33. The van der Waals surface area contributed by atoms with E-state index in [1.54, 1.807) is 12.4 Å². The maximum absolute atomic E-state index is 5.84. The van der Waals surface area contributed by atoms with Crippen LogP contribution < -0.4 is 14.8 Å². The van der Waals surface area contributed by atoms with Crippen molar-refractivity contribution in [2.24, 2.45) is 0 Å². The SMILES string of the molecule is CCOc1ccc(Oc2cnccc2CNC)cc1. The number of rotatable bonds is 6. The van der Waals surface area contributed by atoms with Crippen molar-refractivity contribution in [2.45, 2.75) is 13.5 Å². The monoisotopic (exact) mass is 258 g/mol. The molecule has 0 aliphatic heterocycles. The molecule has 1 heterocycles. The van der Waals surface area contributed by atoms with E-state index in [2.05, 4.69) is 10.3 Å². The van der Waals surface area contributed by atoms with Crippen LogP contribution in [-0.2, 0) is 6.54 Å². The number of pyridine rings is 1. The lowest BCUT2D eigenvalue weighted by atomic mass is 10.2. The van der Waals surface area contributed by atoms with E-state index in [0.717, 1.165) is 29.4 Å². The van der Waals surface area contributed by atoms with Gasteiger partial charge in [0.2, 0.25) is 0 Å². The summed E-state index contributed by atoms with van der Waals surface area (Å²) in [6.07, 6.45) is 3.49. The average molecular weight is 258 g/mol. The average Bonchev–Trinajstić information content (AvgIpc) is 2.44. The molecule has 1 N–H and O–H groups in total. The lowest BCUT2D eigenvalue weighted by Crippen LogP contribution is -2.06. The van der Waals surface area contributed by atoms with Gasteiger partial charge in [-0.3, -0.25) is 4.98 Å². The lowest BCUT2D eigenvalue weighted by molar-refractivity contribution is 0.339. The van der Waals surface area contributed by atoms with Crippen molar-refractivity contribution in [3.05, 3.63) is 48.3 Å². The topological polar surface area (TPSA) is 43.4 Å². The highest BCUT2D eigenvalue weighted by Gasteiger charge is 2.04. The van der Waals surface area contributed by atoms with E-state index in [1.807, 2.05) is 44.3 Å². The number of benzene rings is 1. The van der Waals surface area contributed by atoms with Crippen molar-refractivity contribution < 1.29 is 9.47 Å². The van der Waals surface area contributed by atoms with Crippen LogP contribution in [0, 0.1) is 0 Å². The summed E-state index contributed by atoms with van der Waals surface area (Å²) in [7, 11) is 1.90. The summed E-state index contributed by atoms with van der Waals surface area (Å²) in [5, 5.41) is 3.11. The van der Waals surface area contributed by atoms with Gasteiger partial charge in [-0.1, -0.05) is 0 Å². The zero-order chi connectivity index (χ0) is 13.5. The van der Waals surface area contributed by atoms with E-state index in [1.165, 1.54) is 0 Å². The Kier molecular flexibility index (Phi) is 4.75. The van der Waals surface area contributed by atoms with E-state index in [4.69, 9.17) is 9.47 Å². The molecule has 0 saturated carbocycles. The number of hydrogen-bond donors (Lipinski definition) is 1. The molecule has 0 atom stereocenters. The van der Waals surface area contributed by atoms with Gasteiger partial charge < -0.3 is 14.8 Å². The normalized spacial score (nSPS) is 10.2. The van der Waals surface area contributed by atoms with E-state index in [0.29, 0.717) is 6.61 Å². The van der Waals surface area contributed by atoms with Gasteiger partial charge in [-0.15, -0.1) is 0 Å². The fourth-order valence-corrected chi connectivity index (χ4v) is 1.73. The zero-order valence-electron chi connectivity index (χ0n) is 11.2. The van der Waals surface area contributed by atoms with Gasteiger partial charge in [-0.05, 0) is 44.3 Å². The Morgan fingerprint density at radius 3 is 2.53 bits per heavy atom. The van der Waals surface area contributed by atoms with Gasteiger partial charge in [0.05, 0.1) is 12.8 Å². The van der Waals surface area contributed by atoms with Gasteiger partial charge in [0, 0.05) is 18.3 Å². The van der Waals surface area contributed by atoms with Gasteiger partial charge in [0.25, 0.3) is 0 Å². The molecule has 4 nitrogen and oxygen atoms in total. The predicted octanol–water partition coefficient (Wildman–Crippen LogP) is 2.99. The standard InChI is InChI=1S/C15H18N2O2/c1-3-18-13-4-6-14(7-5-13)19-15-11-17-9-8-12(15)10-16-2/h4-9,11,16H,3,10H2,1-2H3.